The molecule has 0 saturated carbocycles. The van der Waals surface area contributed by atoms with Crippen LogP contribution in [0.3, 0.4) is 0 Å². The molecule has 35 heavy (non-hydrogen) atoms. The first-order chi connectivity index (χ1) is 16.4. The maximum atomic E-state index is 13.1. The van der Waals surface area contributed by atoms with E-state index in [0.717, 1.165) is 10.8 Å². The summed E-state index contributed by atoms with van der Waals surface area (Å²) in [5.74, 6) is -1.33. The summed E-state index contributed by atoms with van der Waals surface area (Å²) in [4.78, 5) is 52.8. The van der Waals surface area contributed by atoms with E-state index in [0.29, 0.717) is 17.5 Å². The van der Waals surface area contributed by atoms with Crippen LogP contribution in [0.5, 0.6) is 0 Å². The Morgan fingerprint density at radius 2 is 1.51 bits per heavy atom. The van der Waals surface area contributed by atoms with Crippen LogP contribution in [0.25, 0.3) is 10.8 Å². The van der Waals surface area contributed by atoms with Gasteiger partial charge in [0.2, 0.25) is 5.91 Å². The van der Waals surface area contributed by atoms with Crippen LogP contribution < -0.4 is 10.6 Å². The number of esters is 1. The zero-order valence-electron chi connectivity index (χ0n) is 21.3. The van der Waals surface area contributed by atoms with Gasteiger partial charge in [-0.2, -0.15) is 0 Å². The van der Waals surface area contributed by atoms with Crippen LogP contribution >= 0.6 is 0 Å². The third-order valence-electron chi connectivity index (χ3n) is 5.84. The van der Waals surface area contributed by atoms with E-state index >= 15 is 0 Å². The van der Waals surface area contributed by atoms with E-state index in [1.165, 1.54) is 4.90 Å². The fourth-order valence-corrected chi connectivity index (χ4v) is 4.22. The van der Waals surface area contributed by atoms with Crippen LogP contribution in [0.15, 0.2) is 36.4 Å². The Hall–Kier alpha value is -3.26. The summed E-state index contributed by atoms with van der Waals surface area (Å²) in [6, 6.07) is 9.52. The average Bonchev–Trinajstić information content (AvgIpc) is 3.01. The van der Waals surface area contributed by atoms with Crippen molar-refractivity contribution in [1.29, 1.82) is 0 Å². The smallest absolute Gasteiger partial charge is 0.323 e. The topological polar surface area (TPSA) is 105 Å². The van der Waals surface area contributed by atoms with Crippen molar-refractivity contribution in [2.45, 2.75) is 65.1 Å². The minimum Gasteiger partial charge on any atom is -0.459 e. The van der Waals surface area contributed by atoms with Gasteiger partial charge < -0.3 is 10.1 Å². The normalized spacial score (nSPS) is 15.3. The van der Waals surface area contributed by atoms with Crippen molar-refractivity contribution in [3.8, 4) is 0 Å². The molecule has 2 atom stereocenters. The number of carbonyl (C=O) groups excluding carboxylic acids is 4. The molecule has 1 heterocycles. The molecule has 0 unspecified atom stereocenters. The lowest BCUT2D eigenvalue weighted by molar-refractivity contribution is -0.158. The van der Waals surface area contributed by atoms with E-state index in [1.54, 1.807) is 40.0 Å². The molecule has 0 aliphatic carbocycles. The minimum atomic E-state index is -0.876. The molecule has 2 N–H and O–H groups in total. The highest BCUT2D eigenvalue weighted by molar-refractivity contribution is 6.23. The Kier molecular flexibility index (Phi) is 7.95. The highest BCUT2D eigenvalue weighted by Gasteiger charge is 2.37. The Balaban J connectivity index is 1.82. The van der Waals surface area contributed by atoms with E-state index in [-0.39, 0.29) is 36.6 Å². The molecule has 3 rings (SSSR count). The number of amides is 3. The largest absolute Gasteiger partial charge is 0.459 e. The SMILES string of the molecule is CNC(=O)[C@H](CC(C)C)N[C@H](CCN1C(=O)c2cc3ccccc3cc2C1=O)C(=O)OC(C)(C)C. The van der Waals surface area contributed by atoms with Gasteiger partial charge in [0, 0.05) is 13.6 Å². The van der Waals surface area contributed by atoms with Crippen molar-refractivity contribution in [2.24, 2.45) is 5.92 Å². The van der Waals surface area contributed by atoms with Crippen LogP contribution in [-0.4, -0.2) is 59.9 Å². The minimum absolute atomic E-state index is 0.0156. The van der Waals surface area contributed by atoms with Crippen molar-refractivity contribution in [3.05, 3.63) is 47.5 Å². The number of imide groups is 1. The Bertz CT molecular complexity index is 1080. The van der Waals surface area contributed by atoms with E-state index in [9.17, 15) is 19.2 Å². The molecule has 2 aromatic rings. The summed E-state index contributed by atoms with van der Waals surface area (Å²) in [5.41, 5.74) is -0.00948. The number of nitrogens with one attached hydrogen (secondary N) is 2. The summed E-state index contributed by atoms with van der Waals surface area (Å²) in [6.07, 6.45) is 0.629. The molecule has 0 saturated heterocycles. The number of carbonyl (C=O) groups is 4. The predicted octanol–water partition coefficient (Wildman–Crippen LogP) is 3.29. The lowest BCUT2D eigenvalue weighted by Gasteiger charge is -2.29. The van der Waals surface area contributed by atoms with Gasteiger partial charge in [-0.25, -0.2) is 0 Å². The molecule has 0 aromatic heterocycles. The van der Waals surface area contributed by atoms with E-state index < -0.39 is 23.7 Å². The zero-order chi connectivity index (χ0) is 25.9. The lowest BCUT2D eigenvalue weighted by Crippen LogP contribution is -2.53. The number of hydrogen-bond acceptors (Lipinski definition) is 6. The van der Waals surface area contributed by atoms with Gasteiger partial charge in [-0.3, -0.25) is 29.4 Å². The fourth-order valence-electron chi connectivity index (χ4n) is 4.22. The number of nitrogens with zero attached hydrogens (tertiary/aromatic N) is 1. The maximum absolute atomic E-state index is 13.1. The number of rotatable bonds is 9. The number of ether oxygens (including phenoxy) is 1. The molecule has 0 fully saturated rings. The van der Waals surface area contributed by atoms with Crippen molar-refractivity contribution in [2.75, 3.05) is 13.6 Å². The van der Waals surface area contributed by atoms with Gasteiger partial charge in [-0.1, -0.05) is 38.1 Å². The number of hydrogen-bond donors (Lipinski definition) is 2. The standard InChI is InChI=1S/C27H35N3O5/c1-16(2)13-22(23(31)28-6)29-21(26(34)35-27(3,4)5)11-12-30-24(32)19-14-17-9-7-8-10-18(17)15-20(19)25(30)33/h7-10,14-16,21-22,29H,11-13H2,1-6H3,(H,28,31)/t21-,22+/m1/s1. The number of likely N-dealkylation sites (N-methyl/N-ethyl adjacent to an activating group) is 1. The first-order valence-electron chi connectivity index (χ1n) is 12.0. The molecule has 0 spiro atoms. The molecule has 1 aliphatic rings. The van der Waals surface area contributed by atoms with E-state index in [1.807, 2.05) is 38.1 Å². The van der Waals surface area contributed by atoms with Gasteiger partial charge in [0.1, 0.15) is 11.6 Å². The van der Waals surface area contributed by atoms with Crippen molar-refractivity contribution >= 4 is 34.5 Å². The van der Waals surface area contributed by atoms with E-state index in [2.05, 4.69) is 10.6 Å². The second-order valence-corrected chi connectivity index (χ2v) is 10.3. The Morgan fingerprint density at radius 1 is 0.971 bits per heavy atom. The summed E-state index contributed by atoms with van der Waals surface area (Å²) in [6.45, 7) is 9.29. The van der Waals surface area contributed by atoms with Gasteiger partial charge in [-0.05, 0) is 62.4 Å². The van der Waals surface area contributed by atoms with Gasteiger partial charge in [0.25, 0.3) is 11.8 Å². The third-order valence-corrected chi connectivity index (χ3v) is 5.84. The third kappa shape index (κ3) is 6.25. The summed E-state index contributed by atoms with van der Waals surface area (Å²) >= 11 is 0. The number of fused-ring (bicyclic) bond motifs is 2. The molecule has 8 heteroatoms. The van der Waals surface area contributed by atoms with Gasteiger partial charge in [0.05, 0.1) is 17.2 Å². The van der Waals surface area contributed by atoms with E-state index in [4.69, 9.17) is 4.74 Å². The van der Waals surface area contributed by atoms with Gasteiger partial charge in [-0.15, -0.1) is 0 Å². The zero-order valence-corrected chi connectivity index (χ0v) is 21.3. The van der Waals surface area contributed by atoms with Crippen molar-refractivity contribution in [1.82, 2.24) is 15.5 Å². The maximum Gasteiger partial charge on any atom is 0.323 e. The second kappa shape index (κ2) is 10.6. The monoisotopic (exact) mass is 481 g/mol. The predicted molar refractivity (Wildman–Crippen MR) is 134 cm³/mol. The molecule has 1 aliphatic heterocycles. The lowest BCUT2D eigenvalue weighted by atomic mass is 10.0. The van der Waals surface area contributed by atoms with Crippen LogP contribution in [0.2, 0.25) is 0 Å². The van der Waals surface area contributed by atoms with Gasteiger partial charge in [0.15, 0.2) is 0 Å². The molecule has 188 valence electrons. The molecule has 3 amide bonds. The summed E-state index contributed by atoms with van der Waals surface area (Å²) in [5, 5.41) is 7.51. The van der Waals surface area contributed by atoms with Gasteiger partial charge >= 0.3 is 5.97 Å². The average molecular weight is 482 g/mol. The van der Waals surface area contributed by atoms with Crippen molar-refractivity contribution in [3.63, 3.8) is 0 Å². The molecule has 0 bridgehead atoms. The van der Waals surface area contributed by atoms with Crippen LogP contribution in [0.1, 0.15) is 68.2 Å². The highest BCUT2D eigenvalue weighted by atomic mass is 16.6. The summed E-state index contributed by atoms with van der Waals surface area (Å²) in [7, 11) is 1.54. The molecular weight excluding hydrogens is 446 g/mol. The van der Waals surface area contributed by atoms with Crippen LogP contribution in [0, 0.1) is 5.92 Å². The fraction of sp³-hybridized carbons (Fsp3) is 0.481. The highest BCUT2D eigenvalue weighted by Crippen LogP contribution is 2.28. The first kappa shape index (κ1) is 26.3. The van der Waals surface area contributed by atoms with Crippen LogP contribution in [-0.2, 0) is 14.3 Å². The molecular formula is C27H35N3O5. The Labute approximate surface area is 206 Å². The number of benzene rings is 2. The Morgan fingerprint density at radius 3 is 1.97 bits per heavy atom. The quantitative estimate of drug-likeness (QED) is 0.421. The molecule has 2 aromatic carbocycles. The van der Waals surface area contributed by atoms with Crippen LogP contribution in [0.4, 0.5) is 0 Å². The molecule has 0 radical (unpaired) electrons. The second-order valence-electron chi connectivity index (χ2n) is 10.3. The van der Waals surface area contributed by atoms with Crippen molar-refractivity contribution < 1.29 is 23.9 Å². The first-order valence-corrected chi connectivity index (χ1v) is 12.0. The summed E-state index contributed by atoms with van der Waals surface area (Å²) < 4.78 is 5.58. The molecule has 8 nitrogen and oxygen atoms in total.